The van der Waals surface area contributed by atoms with Gasteiger partial charge in [0, 0.05) is 5.41 Å². The van der Waals surface area contributed by atoms with Crippen molar-refractivity contribution in [1.82, 2.24) is 0 Å². The third kappa shape index (κ3) is 6.14. The number of rotatable bonds is 10. The highest BCUT2D eigenvalue weighted by atomic mass is 32.3. The molecule has 0 spiro atoms. The van der Waals surface area contributed by atoms with Crippen LogP contribution < -0.4 is 0 Å². The quantitative estimate of drug-likeness (QED) is 0.228. The van der Waals surface area contributed by atoms with Crippen molar-refractivity contribution >= 4 is 20.8 Å². The molecular weight excluding hydrogens is 564 g/mol. The zero-order valence-electron chi connectivity index (χ0n) is 23.9. The highest BCUT2D eigenvalue weighted by Gasteiger charge is 2.68. The zero-order chi connectivity index (χ0) is 29.8. The molecule has 0 aromatic rings. The van der Waals surface area contributed by atoms with E-state index < -0.39 is 56.0 Å². The summed E-state index contributed by atoms with van der Waals surface area (Å²) in [5, 5.41) is 34.7. The molecule has 0 aromatic heterocycles. The van der Waals surface area contributed by atoms with Crippen molar-refractivity contribution in [1.29, 1.82) is 0 Å². The Hall–Kier alpha value is -0.380. The summed E-state index contributed by atoms with van der Waals surface area (Å²) in [6, 6.07) is 0. The second-order valence-corrected chi connectivity index (χ2v) is 16.0. The first-order chi connectivity index (χ1) is 18.4. The lowest BCUT2D eigenvalue weighted by atomic mass is 9.42. The molecule has 11 nitrogen and oxygen atoms in total. The van der Waals surface area contributed by atoms with Crippen molar-refractivity contribution in [3.05, 3.63) is 0 Å². The summed E-state index contributed by atoms with van der Waals surface area (Å²) in [5.41, 5.74) is -1.27. The Balaban J connectivity index is 1.60. The van der Waals surface area contributed by atoms with Crippen LogP contribution in [0.2, 0.25) is 0 Å². The molecule has 0 saturated heterocycles. The van der Waals surface area contributed by atoms with Gasteiger partial charge in [-0.25, -0.2) is 8.37 Å². The van der Waals surface area contributed by atoms with Crippen molar-refractivity contribution in [2.24, 2.45) is 52.3 Å². The van der Waals surface area contributed by atoms with Crippen molar-refractivity contribution in [2.75, 3.05) is 6.61 Å². The van der Waals surface area contributed by atoms with E-state index in [1.165, 1.54) is 0 Å². The smallest absolute Gasteiger partial charge is 0.390 e. The molecule has 0 bridgehead atoms. The number of fused-ring (bicyclic) bond motifs is 5. The molecule has 4 fully saturated rings. The highest BCUT2D eigenvalue weighted by molar-refractivity contribution is 7.81. The Bertz CT molecular complexity index is 1110. The summed E-state index contributed by atoms with van der Waals surface area (Å²) in [5.74, 6) is -0.455. The fourth-order valence-corrected chi connectivity index (χ4v) is 10.7. The first kappa shape index (κ1) is 32.5. The Morgan fingerprint density at radius 2 is 1.50 bits per heavy atom. The van der Waals surface area contributed by atoms with Gasteiger partial charge in [-0.1, -0.05) is 40.5 Å². The molecule has 0 aromatic carbocycles. The van der Waals surface area contributed by atoms with Gasteiger partial charge in [0.05, 0.1) is 24.9 Å². The van der Waals surface area contributed by atoms with Crippen LogP contribution in [-0.2, 0) is 29.2 Å². The average molecular weight is 613 g/mol. The number of hydrogen-bond acceptors (Lipinski definition) is 9. The molecule has 5 N–H and O–H groups in total. The van der Waals surface area contributed by atoms with Crippen molar-refractivity contribution in [2.45, 2.75) is 110 Å². The van der Waals surface area contributed by atoms with E-state index in [0.29, 0.717) is 31.6 Å². The van der Waals surface area contributed by atoms with Gasteiger partial charge in [0.1, 0.15) is 6.10 Å². The SMILES string of the molecule is CC(C)CCC[C@@H](COS(=O)(=O)O)[C@H]1CC[C@H]2[C@@H]3CC[C@@H]4[C@H](O)[C@H](OS(=O)(=O)O)CC[C@]4(C)[C@@H]3[C@@H](O)[C@@H](O)[C@]12C. The van der Waals surface area contributed by atoms with E-state index in [9.17, 15) is 41.3 Å². The first-order valence-corrected chi connectivity index (χ1v) is 17.4. The summed E-state index contributed by atoms with van der Waals surface area (Å²) in [6.07, 6.45) is 1.56. The zero-order valence-corrected chi connectivity index (χ0v) is 25.6. The van der Waals surface area contributed by atoms with Gasteiger partial charge in [0.15, 0.2) is 0 Å². The minimum absolute atomic E-state index is 0.0553. The van der Waals surface area contributed by atoms with Gasteiger partial charge in [0.25, 0.3) is 0 Å². The predicted molar refractivity (Wildman–Crippen MR) is 145 cm³/mol. The maximum absolute atomic E-state index is 11.8. The molecule has 4 saturated carbocycles. The molecule has 234 valence electrons. The van der Waals surface area contributed by atoms with Gasteiger partial charge in [-0.05, 0) is 91.8 Å². The molecule has 12 atom stereocenters. The monoisotopic (exact) mass is 612 g/mol. The van der Waals surface area contributed by atoms with Crippen LogP contribution in [0, 0.1) is 52.3 Å². The third-order valence-electron chi connectivity index (χ3n) is 11.5. The van der Waals surface area contributed by atoms with Gasteiger partial charge < -0.3 is 15.3 Å². The van der Waals surface area contributed by atoms with Crippen LogP contribution >= 0.6 is 0 Å². The molecule has 0 amide bonds. The minimum atomic E-state index is -4.73. The first-order valence-electron chi connectivity index (χ1n) is 14.7. The average Bonchev–Trinajstić information content (AvgIpc) is 3.18. The third-order valence-corrected chi connectivity index (χ3v) is 12.4. The summed E-state index contributed by atoms with van der Waals surface area (Å²) < 4.78 is 73.8. The molecule has 4 aliphatic rings. The topological polar surface area (TPSA) is 188 Å². The van der Waals surface area contributed by atoms with E-state index in [1.54, 1.807) is 0 Å². The molecular formula is C27H48O11S2. The largest absolute Gasteiger partial charge is 0.397 e. The molecule has 40 heavy (non-hydrogen) atoms. The Morgan fingerprint density at radius 1 is 0.850 bits per heavy atom. The lowest BCUT2D eigenvalue weighted by molar-refractivity contribution is -0.244. The standard InChI is InChI=1S/C27H48O11S2/c1-15(2)6-5-7-16(14-37-39(31,32)33)18-10-11-19-17-8-9-20-23(28)21(38-40(34,35)36)12-13-26(20,3)22(17)24(29)25(30)27(18,19)4/h15-25,28-30H,5-14H2,1-4H3,(H,31,32,33)(H,34,35,36)/t16-,17-,18+,19-,20+,21+,22-,23-,24+,25+,26-,27+/m0/s1. The van der Waals surface area contributed by atoms with Gasteiger partial charge in [-0.15, -0.1) is 0 Å². The predicted octanol–water partition coefficient (Wildman–Crippen LogP) is 3.01. The van der Waals surface area contributed by atoms with Crippen LogP contribution in [0.5, 0.6) is 0 Å². The van der Waals surface area contributed by atoms with Crippen molar-refractivity contribution in [3.8, 4) is 0 Å². The lowest BCUT2D eigenvalue weighted by Gasteiger charge is -2.64. The maximum atomic E-state index is 11.8. The molecule has 0 heterocycles. The second-order valence-electron chi connectivity index (χ2n) is 13.9. The minimum Gasteiger partial charge on any atom is -0.390 e. The molecule has 4 rings (SSSR count). The van der Waals surface area contributed by atoms with E-state index in [-0.39, 0.29) is 48.5 Å². The molecule has 0 unspecified atom stereocenters. The summed E-state index contributed by atoms with van der Waals surface area (Å²) in [6.45, 7) is 8.06. The Kier molecular flexibility index (Phi) is 9.44. The number of aliphatic hydroxyl groups excluding tert-OH is 3. The van der Waals surface area contributed by atoms with Crippen LogP contribution in [-0.4, -0.2) is 72.3 Å². The molecule has 13 heteroatoms. The van der Waals surface area contributed by atoms with Crippen LogP contribution in [0.4, 0.5) is 0 Å². The van der Waals surface area contributed by atoms with Gasteiger partial charge in [0.2, 0.25) is 0 Å². The van der Waals surface area contributed by atoms with E-state index in [1.807, 2.05) is 13.8 Å². The number of hydrogen-bond donors (Lipinski definition) is 5. The molecule has 0 radical (unpaired) electrons. The molecule has 0 aliphatic heterocycles. The van der Waals surface area contributed by atoms with Crippen LogP contribution in [0.15, 0.2) is 0 Å². The van der Waals surface area contributed by atoms with Crippen molar-refractivity contribution in [3.63, 3.8) is 0 Å². The summed E-state index contributed by atoms with van der Waals surface area (Å²) >= 11 is 0. The van der Waals surface area contributed by atoms with Gasteiger partial charge in [-0.3, -0.25) is 9.11 Å². The lowest BCUT2D eigenvalue weighted by Crippen LogP contribution is -2.67. The van der Waals surface area contributed by atoms with Gasteiger partial charge in [-0.2, -0.15) is 16.8 Å². The van der Waals surface area contributed by atoms with Gasteiger partial charge >= 0.3 is 20.8 Å². The Labute approximate surface area is 238 Å². The molecule has 4 aliphatic carbocycles. The Morgan fingerprint density at radius 3 is 2.10 bits per heavy atom. The fraction of sp³-hybridized carbons (Fsp3) is 1.00. The second kappa shape index (κ2) is 11.6. The number of aliphatic hydroxyl groups is 3. The summed E-state index contributed by atoms with van der Waals surface area (Å²) in [7, 11) is -9.35. The highest BCUT2D eigenvalue weighted by Crippen LogP contribution is 2.68. The maximum Gasteiger partial charge on any atom is 0.397 e. The van der Waals surface area contributed by atoms with Crippen LogP contribution in [0.1, 0.15) is 85.5 Å². The fourth-order valence-electron chi connectivity index (χ4n) is 9.81. The van der Waals surface area contributed by atoms with E-state index in [4.69, 9.17) is 8.37 Å². The summed E-state index contributed by atoms with van der Waals surface area (Å²) in [4.78, 5) is 0. The normalized spacial score (nSPS) is 44.6. The van der Waals surface area contributed by atoms with E-state index in [2.05, 4.69) is 13.8 Å². The van der Waals surface area contributed by atoms with Crippen molar-refractivity contribution < 1.29 is 49.6 Å². The van der Waals surface area contributed by atoms with Crippen LogP contribution in [0.25, 0.3) is 0 Å². The van der Waals surface area contributed by atoms with Crippen LogP contribution in [0.3, 0.4) is 0 Å². The van der Waals surface area contributed by atoms with E-state index >= 15 is 0 Å². The van der Waals surface area contributed by atoms with E-state index in [0.717, 1.165) is 25.7 Å².